The van der Waals surface area contributed by atoms with Crippen molar-refractivity contribution in [2.24, 2.45) is 10.2 Å². The van der Waals surface area contributed by atoms with Gasteiger partial charge in [-0.25, -0.2) is 0 Å². The summed E-state index contributed by atoms with van der Waals surface area (Å²) in [5, 5.41) is 12.9. The Bertz CT molecular complexity index is 769. The first-order valence-corrected chi connectivity index (χ1v) is 9.32. The van der Waals surface area contributed by atoms with Crippen molar-refractivity contribution >= 4 is 38.0 Å². The molecule has 2 aromatic rings. The van der Waals surface area contributed by atoms with Gasteiger partial charge in [-0.2, -0.15) is 8.42 Å². The number of hydrogen-bond donors (Lipinski definition) is 1. The summed E-state index contributed by atoms with van der Waals surface area (Å²) < 4.78 is 31.7. The van der Waals surface area contributed by atoms with Crippen LogP contribution in [0.2, 0.25) is 0 Å². The number of hydrogen-bond acceptors (Lipinski definition) is 7. The van der Waals surface area contributed by atoms with E-state index in [1.165, 1.54) is 11.3 Å². The van der Waals surface area contributed by atoms with Crippen LogP contribution < -0.4 is 9.58 Å². The van der Waals surface area contributed by atoms with Gasteiger partial charge in [-0.1, -0.05) is 5.10 Å². The van der Waals surface area contributed by atoms with Crippen LogP contribution in [0.5, 0.6) is 0 Å². The van der Waals surface area contributed by atoms with Crippen molar-refractivity contribution in [2.45, 2.75) is 13.0 Å². The van der Waals surface area contributed by atoms with Crippen molar-refractivity contribution in [2.75, 3.05) is 24.7 Å². The van der Waals surface area contributed by atoms with Crippen molar-refractivity contribution in [1.29, 1.82) is 0 Å². The van der Waals surface area contributed by atoms with Crippen LogP contribution >= 0.6 is 11.3 Å². The van der Waals surface area contributed by atoms with Crippen LogP contribution in [-0.2, 0) is 16.7 Å². The van der Waals surface area contributed by atoms with Gasteiger partial charge in [-0.15, -0.1) is 4.68 Å². The molecule has 0 aliphatic heterocycles. The molecule has 0 saturated carbocycles. The number of azo groups is 1. The summed E-state index contributed by atoms with van der Waals surface area (Å²) in [4.78, 5) is 1.99. The van der Waals surface area contributed by atoms with E-state index in [1.54, 1.807) is 10.2 Å². The summed E-state index contributed by atoms with van der Waals surface area (Å²) in [6.07, 6.45) is 0.257. The third-order valence-electron chi connectivity index (χ3n) is 2.95. The first kappa shape index (κ1) is 17.4. The SMILES string of the molecule is CN(C)c1ccc(N=Nc2scn[n+]2CCCS(=O)(=O)O)cc1. The molecule has 0 aliphatic carbocycles. The highest BCUT2D eigenvalue weighted by atomic mass is 32.2. The summed E-state index contributed by atoms with van der Waals surface area (Å²) in [6, 6.07) is 7.62. The maximum absolute atomic E-state index is 10.7. The van der Waals surface area contributed by atoms with Gasteiger partial charge in [0.25, 0.3) is 10.1 Å². The van der Waals surface area contributed by atoms with Crippen molar-refractivity contribution in [3.63, 3.8) is 0 Å². The molecule has 0 saturated heterocycles. The lowest BCUT2D eigenvalue weighted by Crippen LogP contribution is -2.36. The Morgan fingerprint density at radius 3 is 2.57 bits per heavy atom. The average molecular weight is 356 g/mol. The molecule has 1 aromatic heterocycles. The minimum atomic E-state index is -3.95. The van der Waals surface area contributed by atoms with E-state index in [0.717, 1.165) is 5.69 Å². The van der Waals surface area contributed by atoms with Crippen LogP contribution in [-0.4, -0.2) is 37.9 Å². The van der Waals surface area contributed by atoms with Crippen molar-refractivity contribution < 1.29 is 17.7 Å². The Balaban J connectivity index is 2.01. The fraction of sp³-hybridized carbons (Fsp3) is 0.385. The van der Waals surface area contributed by atoms with Crippen LogP contribution in [0, 0.1) is 0 Å². The standard InChI is InChI=1S/C13H17N5O3S2/c1-17(2)12-6-4-11(5-7-12)15-16-13-18(14-10-22-13)8-3-9-23(19,20)21/h4-7,10H,3,8-9H2,1-2H3/p+1. The van der Waals surface area contributed by atoms with E-state index in [4.69, 9.17) is 4.55 Å². The largest absolute Gasteiger partial charge is 0.430 e. The van der Waals surface area contributed by atoms with Crippen LogP contribution in [0.15, 0.2) is 40.0 Å². The van der Waals surface area contributed by atoms with E-state index < -0.39 is 10.1 Å². The summed E-state index contributed by atoms with van der Waals surface area (Å²) >= 11 is 1.31. The molecule has 23 heavy (non-hydrogen) atoms. The van der Waals surface area contributed by atoms with Crippen LogP contribution in [0.4, 0.5) is 16.5 Å². The summed E-state index contributed by atoms with van der Waals surface area (Å²) in [7, 11) is -0.0291. The van der Waals surface area contributed by atoms with Gasteiger partial charge >= 0.3 is 5.13 Å². The molecular weight excluding hydrogens is 338 g/mol. The second-order valence-electron chi connectivity index (χ2n) is 4.99. The van der Waals surface area contributed by atoms with Gasteiger partial charge in [0.2, 0.25) is 0 Å². The Morgan fingerprint density at radius 2 is 1.96 bits per heavy atom. The fourth-order valence-corrected chi connectivity index (χ4v) is 2.88. The van der Waals surface area contributed by atoms with Gasteiger partial charge < -0.3 is 4.90 Å². The first-order chi connectivity index (χ1) is 10.8. The Hall–Kier alpha value is -1.91. The van der Waals surface area contributed by atoms with E-state index in [2.05, 4.69) is 15.3 Å². The van der Waals surface area contributed by atoms with Crippen LogP contribution in [0.3, 0.4) is 0 Å². The highest BCUT2D eigenvalue weighted by Gasteiger charge is 2.15. The molecule has 0 spiro atoms. The zero-order valence-corrected chi connectivity index (χ0v) is 14.5. The number of anilines is 1. The van der Waals surface area contributed by atoms with Gasteiger partial charge in [-0.05, 0) is 40.7 Å². The molecule has 0 amide bonds. The molecule has 0 bridgehead atoms. The van der Waals surface area contributed by atoms with Gasteiger partial charge in [-0.3, -0.25) is 4.55 Å². The third kappa shape index (κ3) is 5.66. The quantitative estimate of drug-likeness (QED) is 0.466. The number of benzene rings is 1. The maximum atomic E-state index is 10.7. The van der Waals surface area contributed by atoms with E-state index in [0.29, 0.717) is 17.4 Å². The molecule has 0 atom stereocenters. The zero-order chi connectivity index (χ0) is 16.9. The van der Waals surface area contributed by atoms with E-state index in [-0.39, 0.29) is 12.2 Å². The lowest BCUT2D eigenvalue weighted by molar-refractivity contribution is -0.737. The first-order valence-electron chi connectivity index (χ1n) is 6.83. The topological polar surface area (TPSA) is 99.1 Å². The highest BCUT2D eigenvalue weighted by molar-refractivity contribution is 7.85. The molecule has 0 radical (unpaired) electrons. The number of aromatic nitrogens is 2. The Morgan fingerprint density at radius 1 is 1.26 bits per heavy atom. The average Bonchev–Trinajstić information content (AvgIpc) is 2.92. The molecule has 0 fully saturated rings. The van der Waals surface area contributed by atoms with Crippen molar-refractivity contribution in [3.05, 3.63) is 29.8 Å². The molecule has 0 aliphatic rings. The number of nitrogens with zero attached hydrogens (tertiary/aromatic N) is 5. The molecular formula is C13H18N5O3S2+. The van der Waals surface area contributed by atoms with E-state index >= 15 is 0 Å². The van der Waals surface area contributed by atoms with Gasteiger partial charge in [0.05, 0.1) is 10.9 Å². The van der Waals surface area contributed by atoms with Gasteiger partial charge in [0.1, 0.15) is 17.7 Å². The predicted octanol–water partition coefficient (Wildman–Crippen LogP) is 2.19. The Kier molecular flexibility index (Phi) is 5.74. The molecule has 0 unspecified atom stereocenters. The monoisotopic (exact) mass is 356 g/mol. The summed E-state index contributed by atoms with van der Waals surface area (Å²) in [6.45, 7) is 0.344. The smallest absolute Gasteiger partial charge is 0.378 e. The highest BCUT2D eigenvalue weighted by Crippen LogP contribution is 2.21. The van der Waals surface area contributed by atoms with Crippen LogP contribution in [0.25, 0.3) is 0 Å². The van der Waals surface area contributed by atoms with Crippen molar-refractivity contribution in [3.8, 4) is 0 Å². The van der Waals surface area contributed by atoms with E-state index in [9.17, 15) is 8.42 Å². The molecule has 8 nitrogen and oxygen atoms in total. The lowest BCUT2D eigenvalue weighted by Gasteiger charge is -2.11. The van der Waals surface area contributed by atoms with Gasteiger partial charge in [0.15, 0.2) is 0 Å². The molecule has 1 aromatic carbocycles. The second-order valence-corrected chi connectivity index (χ2v) is 7.38. The lowest BCUT2D eigenvalue weighted by atomic mass is 10.3. The maximum Gasteiger partial charge on any atom is 0.430 e. The number of aryl methyl sites for hydroxylation is 1. The van der Waals surface area contributed by atoms with E-state index in [1.807, 2.05) is 43.3 Å². The van der Waals surface area contributed by atoms with Crippen molar-refractivity contribution in [1.82, 2.24) is 5.10 Å². The summed E-state index contributed by atoms with van der Waals surface area (Å²) in [5.41, 5.74) is 3.40. The fourth-order valence-electron chi connectivity index (χ4n) is 1.78. The minimum absolute atomic E-state index is 0.257. The minimum Gasteiger partial charge on any atom is -0.378 e. The summed E-state index contributed by atoms with van der Waals surface area (Å²) in [5.74, 6) is -0.305. The second kappa shape index (κ2) is 7.57. The van der Waals surface area contributed by atoms with Gasteiger partial charge in [0, 0.05) is 26.2 Å². The third-order valence-corrected chi connectivity index (χ3v) is 4.46. The molecule has 2 rings (SSSR count). The number of rotatable bonds is 7. The molecule has 10 heteroatoms. The predicted molar refractivity (Wildman–Crippen MR) is 88.3 cm³/mol. The molecule has 124 valence electrons. The van der Waals surface area contributed by atoms with Crippen LogP contribution in [0.1, 0.15) is 6.42 Å². The molecule has 1 N–H and O–H groups in total. The Labute approximate surface area is 138 Å². The molecule has 1 heterocycles. The zero-order valence-electron chi connectivity index (χ0n) is 12.8. The normalized spacial score (nSPS) is 12.0.